The lowest BCUT2D eigenvalue weighted by molar-refractivity contribution is 0.0398. The van der Waals surface area contributed by atoms with Gasteiger partial charge in [-0.15, -0.1) is 5.10 Å². The lowest BCUT2D eigenvalue weighted by Gasteiger charge is -2.26. The molecule has 0 bridgehead atoms. The highest BCUT2D eigenvalue weighted by Crippen LogP contribution is 2.37. The average Bonchev–Trinajstić information content (AvgIpc) is 3.62. The number of anilines is 2. The first kappa shape index (κ1) is 25.2. The number of aromatic nitrogens is 3. The van der Waals surface area contributed by atoms with Crippen LogP contribution in [-0.4, -0.2) is 65.4 Å². The SMILES string of the molecule is N#Cc1ccc(-c2cnc3ccc(N4CCCC4c4cc(F)ccc4F)nn23)cc1NCCN1CCOCC1. The van der Waals surface area contributed by atoms with Crippen LogP contribution in [0.25, 0.3) is 16.9 Å². The molecule has 4 heterocycles. The molecule has 0 saturated carbocycles. The van der Waals surface area contributed by atoms with Crippen LogP contribution >= 0.6 is 0 Å². The van der Waals surface area contributed by atoms with Gasteiger partial charge in [-0.2, -0.15) is 5.26 Å². The van der Waals surface area contributed by atoms with Crippen molar-refractivity contribution in [1.29, 1.82) is 5.26 Å². The minimum absolute atomic E-state index is 0.296. The minimum Gasteiger partial charge on any atom is -0.383 e. The molecule has 1 atom stereocenters. The Morgan fingerprint density at radius 1 is 1.05 bits per heavy atom. The van der Waals surface area contributed by atoms with Crippen molar-refractivity contribution >= 4 is 17.2 Å². The average molecular weight is 530 g/mol. The molecule has 0 spiro atoms. The van der Waals surface area contributed by atoms with Crippen molar-refractivity contribution in [3.63, 3.8) is 0 Å². The third-order valence-corrected chi connectivity index (χ3v) is 7.50. The number of rotatable bonds is 7. The van der Waals surface area contributed by atoms with Crippen molar-refractivity contribution in [3.05, 3.63) is 77.5 Å². The number of ether oxygens (including phenoxy) is 1. The number of nitriles is 1. The number of nitrogens with one attached hydrogen (secondary N) is 1. The summed E-state index contributed by atoms with van der Waals surface area (Å²) in [5.74, 6) is -0.192. The van der Waals surface area contributed by atoms with Crippen LogP contribution in [-0.2, 0) is 4.74 Å². The number of benzene rings is 2. The van der Waals surface area contributed by atoms with Crippen LogP contribution in [0.3, 0.4) is 0 Å². The van der Waals surface area contributed by atoms with Gasteiger partial charge >= 0.3 is 0 Å². The molecule has 2 aliphatic heterocycles. The molecule has 2 saturated heterocycles. The molecule has 200 valence electrons. The van der Waals surface area contributed by atoms with Gasteiger partial charge < -0.3 is 15.0 Å². The normalized spacial score (nSPS) is 18.0. The van der Waals surface area contributed by atoms with Gasteiger partial charge in [0.2, 0.25) is 0 Å². The predicted octanol–water partition coefficient (Wildman–Crippen LogP) is 4.63. The van der Waals surface area contributed by atoms with Crippen molar-refractivity contribution in [2.75, 3.05) is 56.2 Å². The molecule has 2 aliphatic rings. The fraction of sp³-hybridized carbons (Fsp3) is 0.345. The summed E-state index contributed by atoms with van der Waals surface area (Å²) in [6, 6.07) is 15.0. The van der Waals surface area contributed by atoms with Gasteiger partial charge in [-0.05, 0) is 55.3 Å². The summed E-state index contributed by atoms with van der Waals surface area (Å²) in [6.07, 6.45) is 3.33. The Balaban J connectivity index is 1.28. The van der Waals surface area contributed by atoms with Gasteiger partial charge in [0.15, 0.2) is 5.65 Å². The number of nitrogens with zero attached hydrogens (tertiary/aromatic N) is 6. The van der Waals surface area contributed by atoms with Gasteiger partial charge in [-0.25, -0.2) is 18.3 Å². The molecule has 0 radical (unpaired) electrons. The molecule has 6 rings (SSSR count). The number of hydrogen-bond acceptors (Lipinski definition) is 7. The lowest BCUT2D eigenvalue weighted by Crippen LogP contribution is -2.39. The topological polar surface area (TPSA) is 81.7 Å². The second kappa shape index (κ2) is 11.0. The van der Waals surface area contributed by atoms with Crippen LogP contribution in [0.1, 0.15) is 30.0 Å². The Kier molecular flexibility index (Phi) is 7.09. The standard InChI is InChI=1S/C29H29F2N7O/c30-22-5-6-24(31)23(17-22)26-2-1-10-37(26)29-8-7-28-34-19-27(38(28)35-29)20-3-4-21(18-32)25(16-20)33-9-11-36-12-14-39-15-13-36/h3-8,16-17,19,26,33H,1-2,9-15H2. The molecule has 2 aromatic heterocycles. The highest BCUT2D eigenvalue weighted by atomic mass is 19.1. The van der Waals surface area contributed by atoms with Gasteiger partial charge in [-0.1, -0.05) is 6.07 Å². The zero-order valence-corrected chi connectivity index (χ0v) is 21.5. The largest absolute Gasteiger partial charge is 0.383 e. The molecule has 1 unspecified atom stereocenters. The fourth-order valence-corrected chi connectivity index (χ4v) is 5.47. The van der Waals surface area contributed by atoms with Crippen LogP contribution in [0.4, 0.5) is 20.3 Å². The van der Waals surface area contributed by atoms with Crippen LogP contribution in [0.15, 0.2) is 54.7 Å². The number of morpholine rings is 1. The van der Waals surface area contributed by atoms with E-state index in [-0.39, 0.29) is 6.04 Å². The van der Waals surface area contributed by atoms with Crippen LogP contribution in [0.2, 0.25) is 0 Å². The van der Waals surface area contributed by atoms with Crippen molar-refractivity contribution in [2.24, 2.45) is 0 Å². The van der Waals surface area contributed by atoms with E-state index in [2.05, 4.69) is 21.3 Å². The Morgan fingerprint density at radius 3 is 2.77 bits per heavy atom. The van der Waals surface area contributed by atoms with Crippen molar-refractivity contribution in [3.8, 4) is 17.3 Å². The summed E-state index contributed by atoms with van der Waals surface area (Å²) in [5.41, 5.74) is 4.00. The van der Waals surface area contributed by atoms with E-state index in [0.717, 1.165) is 62.3 Å². The summed E-state index contributed by atoms with van der Waals surface area (Å²) < 4.78 is 35.8. The minimum atomic E-state index is -0.450. The van der Waals surface area contributed by atoms with Gasteiger partial charge in [-0.3, -0.25) is 4.90 Å². The van der Waals surface area contributed by atoms with E-state index in [9.17, 15) is 14.0 Å². The number of halogens is 2. The first-order chi connectivity index (χ1) is 19.1. The smallest absolute Gasteiger partial charge is 0.154 e. The highest BCUT2D eigenvalue weighted by molar-refractivity contribution is 5.71. The summed E-state index contributed by atoms with van der Waals surface area (Å²) >= 11 is 0. The molecule has 39 heavy (non-hydrogen) atoms. The van der Waals surface area contributed by atoms with E-state index in [0.29, 0.717) is 42.1 Å². The van der Waals surface area contributed by atoms with E-state index in [1.54, 1.807) is 16.8 Å². The van der Waals surface area contributed by atoms with Gasteiger partial charge in [0.1, 0.15) is 23.5 Å². The van der Waals surface area contributed by atoms with Crippen molar-refractivity contribution < 1.29 is 13.5 Å². The van der Waals surface area contributed by atoms with Gasteiger partial charge in [0, 0.05) is 43.9 Å². The van der Waals surface area contributed by atoms with Gasteiger partial charge in [0.25, 0.3) is 0 Å². The second-order valence-corrected chi connectivity index (χ2v) is 9.88. The summed E-state index contributed by atoms with van der Waals surface area (Å²) in [6.45, 7) is 5.58. The van der Waals surface area contributed by atoms with E-state index in [1.807, 2.05) is 29.2 Å². The molecule has 2 aromatic carbocycles. The molecule has 4 aromatic rings. The second-order valence-electron chi connectivity index (χ2n) is 9.88. The predicted molar refractivity (Wildman–Crippen MR) is 145 cm³/mol. The maximum atomic E-state index is 14.6. The third kappa shape index (κ3) is 5.15. The molecular weight excluding hydrogens is 500 g/mol. The van der Waals surface area contributed by atoms with Crippen LogP contribution in [0.5, 0.6) is 0 Å². The van der Waals surface area contributed by atoms with Crippen LogP contribution < -0.4 is 10.2 Å². The summed E-state index contributed by atoms with van der Waals surface area (Å²) in [5, 5.41) is 18.0. The molecule has 0 aliphatic carbocycles. The monoisotopic (exact) mass is 529 g/mol. The first-order valence-electron chi connectivity index (χ1n) is 13.3. The maximum absolute atomic E-state index is 14.6. The Hall–Kier alpha value is -4.07. The van der Waals surface area contributed by atoms with E-state index in [4.69, 9.17) is 9.84 Å². The zero-order valence-electron chi connectivity index (χ0n) is 21.5. The van der Waals surface area contributed by atoms with E-state index in [1.165, 1.54) is 12.1 Å². The molecule has 0 amide bonds. The molecular formula is C29H29F2N7O. The quantitative estimate of drug-likeness (QED) is 0.374. The summed E-state index contributed by atoms with van der Waals surface area (Å²) in [4.78, 5) is 8.89. The van der Waals surface area contributed by atoms with Crippen molar-refractivity contribution in [1.82, 2.24) is 19.5 Å². The lowest BCUT2D eigenvalue weighted by atomic mass is 10.0. The maximum Gasteiger partial charge on any atom is 0.154 e. The molecule has 8 nitrogen and oxygen atoms in total. The number of imidazole rings is 1. The van der Waals surface area contributed by atoms with E-state index >= 15 is 0 Å². The third-order valence-electron chi connectivity index (χ3n) is 7.50. The molecule has 1 N–H and O–H groups in total. The molecule has 10 heteroatoms. The van der Waals surface area contributed by atoms with Crippen molar-refractivity contribution in [2.45, 2.75) is 18.9 Å². The fourth-order valence-electron chi connectivity index (χ4n) is 5.47. The Labute approximate surface area is 225 Å². The Bertz CT molecular complexity index is 1530. The number of fused-ring (bicyclic) bond motifs is 1. The Morgan fingerprint density at radius 2 is 1.92 bits per heavy atom. The van der Waals surface area contributed by atoms with E-state index < -0.39 is 11.6 Å². The van der Waals surface area contributed by atoms with Crippen LogP contribution in [0, 0.1) is 23.0 Å². The first-order valence-corrected chi connectivity index (χ1v) is 13.3. The summed E-state index contributed by atoms with van der Waals surface area (Å²) in [7, 11) is 0. The van der Waals surface area contributed by atoms with Gasteiger partial charge in [0.05, 0.1) is 42.4 Å². The molecule has 2 fully saturated rings. The number of hydrogen-bond donors (Lipinski definition) is 1. The zero-order chi connectivity index (χ0) is 26.8. The highest BCUT2D eigenvalue weighted by Gasteiger charge is 2.30.